The van der Waals surface area contributed by atoms with Crippen molar-refractivity contribution in [1.82, 2.24) is 0 Å². The maximum Gasteiger partial charge on any atom is 0.343 e. The number of aryl methyl sites for hydroxylation is 1. The second-order valence-electron chi connectivity index (χ2n) is 12.7. The van der Waals surface area contributed by atoms with E-state index in [2.05, 4.69) is 13.2 Å². The lowest BCUT2D eigenvalue weighted by Gasteiger charge is -2.18. The van der Waals surface area contributed by atoms with Crippen molar-refractivity contribution in [3.8, 4) is 34.5 Å². The molecular weight excluding hydrogens is 772 g/mol. The standard InChI is InChI=1S/C43H36O16/c1-6-36(44)54-25-10-8-24(9-11-25)40(46)56-27-13-16-30(32(19-27)50-4)42(48)58-34-21-52-39-35(22-53-38(34)39)59-43(49)31-17-14-28(20-33(31)51-5)57-41(47)29-15-12-26(18-23(29)3)55-37(45)7-2/h6-20,34-35,38-39H,1-2,21-22H2,3-5H3/t34-,35+,38+,39+/m0/s1. The number of fused-ring (bicyclic) bond motifs is 1. The largest absolute Gasteiger partial charge is 0.496 e. The first-order valence-corrected chi connectivity index (χ1v) is 17.8. The third-order valence-electron chi connectivity index (χ3n) is 8.96. The highest BCUT2D eigenvalue weighted by Gasteiger charge is 2.51. The van der Waals surface area contributed by atoms with Crippen LogP contribution in [-0.2, 0) is 28.5 Å². The Morgan fingerprint density at radius 2 is 0.966 bits per heavy atom. The van der Waals surface area contributed by atoms with Gasteiger partial charge in [0.15, 0.2) is 12.2 Å². The van der Waals surface area contributed by atoms with Crippen LogP contribution in [0.25, 0.3) is 0 Å². The average molecular weight is 809 g/mol. The molecule has 16 heteroatoms. The predicted octanol–water partition coefficient (Wildman–Crippen LogP) is 5.18. The van der Waals surface area contributed by atoms with Crippen molar-refractivity contribution in [2.24, 2.45) is 0 Å². The van der Waals surface area contributed by atoms with E-state index in [0.29, 0.717) is 5.56 Å². The van der Waals surface area contributed by atoms with Gasteiger partial charge in [-0.1, -0.05) is 13.2 Å². The average Bonchev–Trinajstić information content (AvgIpc) is 3.83. The quantitative estimate of drug-likeness (QED) is 0.0917. The minimum absolute atomic E-state index is 0.0333. The molecule has 0 amide bonds. The predicted molar refractivity (Wildman–Crippen MR) is 203 cm³/mol. The van der Waals surface area contributed by atoms with Gasteiger partial charge in [-0.3, -0.25) is 0 Å². The van der Waals surface area contributed by atoms with Crippen molar-refractivity contribution in [3.63, 3.8) is 0 Å². The lowest BCUT2D eigenvalue weighted by atomic mass is 10.1. The van der Waals surface area contributed by atoms with Crippen LogP contribution >= 0.6 is 0 Å². The van der Waals surface area contributed by atoms with Gasteiger partial charge in [-0.25, -0.2) is 28.8 Å². The zero-order chi connectivity index (χ0) is 42.2. The number of carbonyl (C=O) groups is 6. The van der Waals surface area contributed by atoms with Gasteiger partial charge in [0.05, 0.1) is 38.6 Å². The molecule has 59 heavy (non-hydrogen) atoms. The molecule has 2 fully saturated rings. The Balaban J connectivity index is 1.03. The van der Waals surface area contributed by atoms with Crippen LogP contribution in [0.1, 0.15) is 47.0 Å². The van der Waals surface area contributed by atoms with Crippen LogP contribution < -0.4 is 28.4 Å². The first-order chi connectivity index (χ1) is 28.4. The molecule has 0 aliphatic carbocycles. The number of ether oxygens (including phenoxy) is 10. The van der Waals surface area contributed by atoms with Crippen molar-refractivity contribution in [2.75, 3.05) is 27.4 Å². The zero-order valence-electron chi connectivity index (χ0n) is 31.8. The van der Waals surface area contributed by atoms with E-state index < -0.39 is 60.2 Å². The van der Waals surface area contributed by atoms with E-state index in [-0.39, 0.29) is 70.0 Å². The molecule has 4 aromatic carbocycles. The molecule has 0 aromatic heterocycles. The van der Waals surface area contributed by atoms with Crippen LogP contribution in [0.2, 0.25) is 0 Å². The lowest BCUT2D eigenvalue weighted by Crippen LogP contribution is -2.36. The monoisotopic (exact) mass is 808 g/mol. The third-order valence-corrected chi connectivity index (χ3v) is 8.96. The molecule has 0 unspecified atom stereocenters. The Kier molecular flexibility index (Phi) is 12.8. The second-order valence-corrected chi connectivity index (χ2v) is 12.7. The molecular formula is C43H36O16. The number of rotatable bonds is 14. The van der Waals surface area contributed by atoms with Gasteiger partial charge in [0.2, 0.25) is 0 Å². The highest BCUT2D eigenvalue weighted by Crippen LogP contribution is 2.34. The molecule has 0 spiro atoms. The van der Waals surface area contributed by atoms with Crippen molar-refractivity contribution in [3.05, 3.63) is 132 Å². The summed E-state index contributed by atoms with van der Waals surface area (Å²) in [7, 11) is 2.67. The number of hydrogen-bond donors (Lipinski definition) is 0. The molecule has 2 aliphatic rings. The van der Waals surface area contributed by atoms with E-state index in [9.17, 15) is 28.8 Å². The number of esters is 6. The molecule has 2 heterocycles. The summed E-state index contributed by atoms with van der Waals surface area (Å²) in [5.74, 6) is -3.50. The van der Waals surface area contributed by atoms with E-state index in [1.807, 2.05) is 0 Å². The fourth-order valence-electron chi connectivity index (χ4n) is 6.07. The molecule has 2 aliphatic heterocycles. The number of carbonyl (C=O) groups excluding carboxylic acids is 6. The van der Waals surface area contributed by atoms with Gasteiger partial charge in [-0.05, 0) is 79.2 Å². The van der Waals surface area contributed by atoms with Crippen LogP contribution in [0.3, 0.4) is 0 Å². The zero-order valence-corrected chi connectivity index (χ0v) is 31.8. The fourth-order valence-corrected chi connectivity index (χ4v) is 6.07. The minimum Gasteiger partial charge on any atom is -0.496 e. The molecule has 4 atom stereocenters. The SMILES string of the molecule is C=CC(=O)Oc1ccc(C(=O)Oc2ccc(C(=O)O[C@H]3CO[C@H]4[C@@H]3OC[C@H]4OC(=O)c3ccc(OC(=O)c4ccc(OC(=O)C=C)cc4C)cc3OC)c(OC)c2)cc1. The van der Waals surface area contributed by atoms with E-state index in [1.165, 1.54) is 93.1 Å². The van der Waals surface area contributed by atoms with E-state index in [4.69, 9.17) is 47.4 Å². The molecule has 16 nitrogen and oxygen atoms in total. The highest BCUT2D eigenvalue weighted by atomic mass is 16.7. The molecule has 0 bridgehead atoms. The molecule has 0 saturated carbocycles. The number of benzene rings is 4. The van der Waals surface area contributed by atoms with E-state index >= 15 is 0 Å². The Morgan fingerprint density at radius 1 is 0.542 bits per heavy atom. The van der Waals surface area contributed by atoms with Crippen LogP contribution in [0.4, 0.5) is 0 Å². The van der Waals surface area contributed by atoms with Crippen LogP contribution in [-0.4, -0.2) is 87.7 Å². The normalized spacial score (nSPS) is 17.7. The molecule has 0 radical (unpaired) electrons. The molecule has 6 rings (SSSR count). The van der Waals surface area contributed by atoms with Gasteiger partial charge < -0.3 is 47.4 Å². The molecule has 4 aromatic rings. The smallest absolute Gasteiger partial charge is 0.343 e. The summed E-state index contributed by atoms with van der Waals surface area (Å²) in [4.78, 5) is 75.2. The Bertz CT molecular complexity index is 2310. The lowest BCUT2D eigenvalue weighted by molar-refractivity contribution is -0.129. The van der Waals surface area contributed by atoms with Gasteiger partial charge in [0.1, 0.15) is 57.8 Å². The van der Waals surface area contributed by atoms with Crippen molar-refractivity contribution < 1.29 is 76.1 Å². The van der Waals surface area contributed by atoms with Gasteiger partial charge in [0.25, 0.3) is 0 Å². The van der Waals surface area contributed by atoms with Gasteiger partial charge in [-0.15, -0.1) is 0 Å². The Hall–Kier alpha value is -7.30. The summed E-state index contributed by atoms with van der Waals surface area (Å²) in [5.41, 5.74) is 0.947. The van der Waals surface area contributed by atoms with Crippen LogP contribution in [0.15, 0.2) is 104 Å². The number of hydrogen-bond acceptors (Lipinski definition) is 16. The summed E-state index contributed by atoms with van der Waals surface area (Å²) in [6.45, 7) is 8.23. The van der Waals surface area contributed by atoms with Crippen molar-refractivity contribution in [2.45, 2.75) is 31.3 Å². The van der Waals surface area contributed by atoms with Gasteiger partial charge in [-0.2, -0.15) is 0 Å². The molecule has 304 valence electrons. The van der Waals surface area contributed by atoms with E-state index in [0.717, 1.165) is 12.2 Å². The Labute approximate surface area is 336 Å². The van der Waals surface area contributed by atoms with Crippen molar-refractivity contribution >= 4 is 35.8 Å². The number of methoxy groups -OCH3 is 2. The molecule has 2 saturated heterocycles. The summed E-state index contributed by atoms with van der Waals surface area (Å²) < 4.78 is 55.0. The Morgan fingerprint density at radius 3 is 1.42 bits per heavy atom. The fraction of sp³-hybridized carbons (Fsp3) is 0.209. The maximum absolute atomic E-state index is 13.3. The second kappa shape index (κ2) is 18.3. The maximum atomic E-state index is 13.3. The summed E-state index contributed by atoms with van der Waals surface area (Å²) in [5, 5.41) is 0. The van der Waals surface area contributed by atoms with E-state index in [1.54, 1.807) is 6.92 Å². The topological polar surface area (TPSA) is 195 Å². The van der Waals surface area contributed by atoms with Gasteiger partial charge >= 0.3 is 35.8 Å². The minimum atomic E-state index is -0.864. The first-order valence-electron chi connectivity index (χ1n) is 17.8. The molecule has 0 N–H and O–H groups in total. The highest BCUT2D eigenvalue weighted by molar-refractivity contribution is 5.96. The summed E-state index contributed by atoms with van der Waals surface area (Å²) >= 11 is 0. The third kappa shape index (κ3) is 9.64. The van der Waals surface area contributed by atoms with Crippen LogP contribution in [0, 0.1) is 6.92 Å². The van der Waals surface area contributed by atoms with Gasteiger partial charge in [0, 0.05) is 24.3 Å². The van der Waals surface area contributed by atoms with Crippen LogP contribution in [0.5, 0.6) is 34.5 Å². The summed E-state index contributed by atoms with van der Waals surface area (Å²) in [6.07, 6.45) is -1.22. The van der Waals surface area contributed by atoms with Crippen molar-refractivity contribution in [1.29, 1.82) is 0 Å². The first kappa shape index (κ1) is 41.3. The summed E-state index contributed by atoms with van der Waals surface area (Å²) in [6, 6.07) is 18.3.